The monoisotopic (exact) mass is 248 g/mol. The Morgan fingerprint density at radius 3 is 2.44 bits per heavy atom. The molecule has 1 aromatic rings. The van der Waals surface area contributed by atoms with Crippen LogP contribution in [0.2, 0.25) is 0 Å². The molecule has 0 bridgehead atoms. The normalized spacial score (nSPS) is 17.1. The van der Waals surface area contributed by atoms with Crippen LogP contribution in [0.1, 0.15) is 51.5 Å². The van der Waals surface area contributed by atoms with Gasteiger partial charge in [0.1, 0.15) is 0 Å². The first-order valence-electron chi connectivity index (χ1n) is 7.05. The number of nitrogens with zero attached hydrogens (tertiary/aromatic N) is 2. The van der Waals surface area contributed by atoms with E-state index in [1.165, 1.54) is 32.1 Å². The van der Waals surface area contributed by atoms with E-state index >= 15 is 0 Å². The van der Waals surface area contributed by atoms with Gasteiger partial charge in [0.05, 0.1) is 0 Å². The molecule has 0 spiro atoms. The van der Waals surface area contributed by atoms with Crippen molar-refractivity contribution in [3.63, 3.8) is 0 Å². The zero-order valence-electron chi connectivity index (χ0n) is 11.4. The predicted octanol–water partition coefficient (Wildman–Crippen LogP) is 2.72. The molecule has 0 unspecified atom stereocenters. The van der Waals surface area contributed by atoms with Crippen LogP contribution in [0.25, 0.3) is 0 Å². The molecule has 0 atom stereocenters. The maximum absolute atomic E-state index is 4.32. The Kier molecular flexibility index (Phi) is 4.93. The molecule has 0 aromatic carbocycles. The fourth-order valence-electron chi connectivity index (χ4n) is 2.35. The number of anilines is 1. The Labute approximate surface area is 110 Å². The molecular formula is C14H24N4. The summed E-state index contributed by atoms with van der Waals surface area (Å²) in [6, 6.07) is 1.06. The lowest BCUT2D eigenvalue weighted by molar-refractivity contribution is 0.372. The molecule has 0 radical (unpaired) electrons. The van der Waals surface area contributed by atoms with E-state index in [2.05, 4.69) is 34.4 Å². The van der Waals surface area contributed by atoms with Crippen LogP contribution in [-0.4, -0.2) is 22.1 Å². The highest BCUT2D eigenvalue weighted by molar-refractivity contribution is 5.25. The van der Waals surface area contributed by atoms with E-state index in [0.717, 1.165) is 12.1 Å². The first-order valence-corrected chi connectivity index (χ1v) is 7.05. The van der Waals surface area contributed by atoms with Crippen LogP contribution in [0.15, 0.2) is 12.4 Å². The van der Waals surface area contributed by atoms with Crippen LogP contribution in [0, 0.1) is 0 Å². The molecule has 18 heavy (non-hydrogen) atoms. The van der Waals surface area contributed by atoms with Gasteiger partial charge in [-0.2, -0.15) is 0 Å². The lowest BCUT2D eigenvalue weighted by atomic mass is 9.95. The fraction of sp³-hybridized carbons (Fsp3) is 0.714. The highest BCUT2D eigenvalue weighted by atomic mass is 15.1. The van der Waals surface area contributed by atoms with Gasteiger partial charge in [-0.1, -0.05) is 19.3 Å². The highest BCUT2D eigenvalue weighted by Crippen LogP contribution is 2.17. The van der Waals surface area contributed by atoms with Gasteiger partial charge in [0.15, 0.2) is 0 Å². The van der Waals surface area contributed by atoms with Crippen LogP contribution in [0.3, 0.4) is 0 Å². The zero-order chi connectivity index (χ0) is 12.8. The number of hydrogen-bond donors (Lipinski definition) is 2. The van der Waals surface area contributed by atoms with Gasteiger partial charge in [0.2, 0.25) is 5.95 Å². The van der Waals surface area contributed by atoms with Gasteiger partial charge >= 0.3 is 0 Å². The minimum atomic E-state index is 0.371. The molecule has 1 aliphatic rings. The molecule has 1 heterocycles. The average Bonchev–Trinajstić information content (AvgIpc) is 2.38. The molecule has 1 aromatic heterocycles. The lowest BCUT2D eigenvalue weighted by Gasteiger charge is -2.22. The molecule has 0 aliphatic heterocycles. The molecule has 2 rings (SSSR count). The van der Waals surface area contributed by atoms with E-state index in [9.17, 15) is 0 Å². The smallest absolute Gasteiger partial charge is 0.222 e. The molecule has 1 aliphatic carbocycles. The summed E-state index contributed by atoms with van der Waals surface area (Å²) in [6.07, 6.45) is 10.6. The van der Waals surface area contributed by atoms with Crippen molar-refractivity contribution in [2.24, 2.45) is 0 Å². The first-order chi connectivity index (χ1) is 8.74. The zero-order valence-corrected chi connectivity index (χ0v) is 11.4. The van der Waals surface area contributed by atoms with Gasteiger partial charge < -0.3 is 10.6 Å². The minimum Gasteiger partial charge on any atom is -0.352 e. The maximum atomic E-state index is 4.32. The topological polar surface area (TPSA) is 49.8 Å². The fourth-order valence-corrected chi connectivity index (χ4v) is 2.35. The maximum Gasteiger partial charge on any atom is 0.222 e. The van der Waals surface area contributed by atoms with Crippen LogP contribution >= 0.6 is 0 Å². The lowest BCUT2D eigenvalue weighted by Crippen LogP contribution is -2.30. The predicted molar refractivity (Wildman–Crippen MR) is 74.5 cm³/mol. The second-order valence-electron chi connectivity index (χ2n) is 5.43. The standard InChI is InChI=1S/C14H24N4/c1-11(2)18-14-16-9-12(10-17-14)8-15-13-6-4-3-5-7-13/h9-11,13,15H,3-8H2,1-2H3,(H,16,17,18). The molecule has 1 saturated carbocycles. The Hall–Kier alpha value is -1.16. The number of hydrogen-bond acceptors (Lipinski definition) is 4. The third-order valence-electron chi connectivity index (χ3n) is 3.32. The van der Waals surface area contributed by atoms with Crippen LogP contribution in [0.5, 0.6) is 0 Å². The Balaban J connectivity index is 1.78. The number of aromatic nitrogens is 2. The van der Waals surface area contributed by atoms with Gasteiger partial charge in [-0.3, -0.25) is 0 Å². The quantitative estimate of drug-likeness (QED) is 0.841. The molecule has 0 amide bonds. The van der Waals surface area contributed by atoms with E-state index in [-0.39, 0.29) is 0 Å². The van der Waals surface area contributed by atoms with E-state index in [1.54, 1.807) is 0 Å². The van der Waals surface area contributed by atoms with Gasteiger partial charge in [0, 0.05) is 36.6 Å². The molecule has 0 saturated heterocycles. The van der Waals surface area contributed by atoms with E-state index in [4.69, 9.17) is 0 Å². The highest BCUT2D eigenvalue weighted by Gasteiger charge is 2.12. The van der Waals surface area contributed by atoms with Crippen molar-refractivity contribution in [1.29, 1.82) is 0 Å². The summed E-state index contributed by atoms with van der Waals surface area (Å²) >= 11 is 0. The van der Waals surface area contributed by atoms with Crippen molar-refractivity contribution in [2.75, 3.05) is 5.32 Å². The first kappa shape index (κ1) is 13.3. The van der Waals surface area contributed by atoms with Crippen molar-refractivity contribution in [3.8, 4) is 0 Å². The minimum absolute atomic E-state index is 0.371. The van der Waals surface area contributed by atoms with Crippen molar-refractivity contribution >= 4 is 5.95 Å². The summed E-state index contributed by atoms with van der Waals surface area (Å²) in [5, 5.41) is 6.79. The summed E-state index contributed by atoms with van der Waals surface area (Å²) in [5.41, 5.74) is 1.16. The van der Waals surface area contributed by atoms with Crippen molar-refractivity contribution in [2.45, 2.75) is 64.6 Å². The van der Waals surface area contributed by atoms with Gasteiger partial charge in [0.25, 0.3) is 0 Å². The van der Waals surface area contributed by atoms with Crippen molar-refractivity contribution in [3.05, 3.63) is 18.0 Å². The Bertz CT molecular complexity index is 341. The van der Waals surface area contributed by atoms with Gasteiger partial charge in [-0.05, 0) is 26.7 Å². The second-order valence-corrected chi connectivity index (χ2v) is 5.43. The largest absolute Gasteiger partial charge is 0.352 e. The van der Waals surface area contributed by atoms with Crippen LogP contribution < -0.4 is 10.6 Å². The molecule has 4 nitrogen and oxygen atoms in total. The van der Waals surface area contributed by atoms with Gasteiger partial charge in [-0.25, -0.2) is 9.97 Å². The molecule has 2 N–H and O–H groups in total. The SMILES string of the molecule is CC(C)Nc1ncc(CNC2CCCCC2)cn1. The van der Waals surface area contributed by atoms with E-state index in [1.807, 2.05) is 12.4 Å². The summed E-state index contributed by atoms with van der Waals surface area (Å²) in [6.45, 7) is 5.05. The Morgan fingerprint density at radius 1 is 1.17 bits per heavy atom. The third-order valence-corrected chi connectivity index (χ3v) is 3.32. The summed E-state index contributed by atoms with van der Waals surface area (Å²) in [7, 11) is 0. The summed E-state index contributed by atoms with van der Waals surface area (Å²) < 4.78 is 0. The number of nitrogens with one attached hydrogen (secondary N) is 2. The summed E-state index contributed by atoms with van der Waals surface area (Å²) in [4.78, 5) is 8.64. The van der Waals surface area contributed by atoms with E-state index in [0.29, 0.717) is 18.0 Å². The van der Waals surface area contributed by atoms with Crippen LogP contribution in [-0.2, 0) is 6.54 Å². The molecule has 1 fully saturated rings. The molecular weight excluding hydrogens is 224 g/mol. The molecule has 100 valence electrons. The average molecular weight is 248 g/mol. The third kappa shape index (κ3) is 4.26. The van der Waals surface area contributed by atoms with Gasteiger partial charge in [-0.15, -0.1) is 0 Å². The Morgan fingerprint density at radius 2 is 1.83 bits per heavy atom. The molecule has 4 heteroatoms. The van der Waals surface area contributed by atoms with Crippen LogP contribution in [0.4, 0.5) is 5.95 Å². The van der Waals surface area contributed by atoms with Crippen molar-refractivity contribution < 1.29 is 0 Å². The van der Waals surface area contributed by atoms with E-state index < -0.39 is 0 Å². The van der Waals surface area contributed by atoms with Crippen molar-refractivity contribution in [1.82, 2.24) is 15.3 Å². The second kappa shape index (κ2) is 6.69. The number of rotatable bonds is 5. The summed E-state index contributed by atoms with van der Waals surface area (Å²) in [5.74, 6) is 0.714.